The lowest BCUT2D eigenvalue weighted by Gasteiger charge is -2.22. The Bertz CT molecular complexity index is 3560. The van der Waals surface area contributed by atoms with Crippen molar-refractivity contribution < 1.29 is 0 Å². The summed E-state index contributed by atoms with van der Waals surface area (Å²) in [7, 11) is 0. The highest BCUT2D eigenvalue weighted by molar-refractivity contribution is 6.35. The quantitative estimate of drug-likeness (QED) is 0.157. The van der Waals surface area contributed by atoms with Crippen molar-refractivity contribution in [3.63, 3.8) is 0 Å². The van der Waals surface area contributed by atoms with Crippen LogP contribution in [-0.4, -0.2) is 0 Å². The zero-order chi connectivity index (χ0) is 36.8. The fourth-order valence-corrected chi connectivity index (χ4v) is 10.8. The Hall–Kier alpha value is -7.02. The van der Waals surface area contributed by atoms with Crippen LogP contribution in [0.25, 0.3) is 131 Å². The first-order valence-electron chi connectivity index (χ1n) is 19.8. The van der Waals surface area contributed by atoms with Gasteiger partial charge in [-0.05, 0) is 175 Å². The molecule has 0 saturated carbocycles. The number of aryl methyl sites for hydroxylation is 2. The predicted molar refractivity (Wildman–Crippen MR) is 241 cm³/mol. The highest BCUT2D eigenvalue weighted by Crippen LogP contribution is 2.60. The van der Waals surface area contributed by atoms with Crippen LogP contribution in [0, 0.1) is 13.8 Å². The zero-order valence-electron chi connectivity index (χ0n) is 31.2. The molecule has 0 fully saturated rings. The zero-order valence-corrected chi connectivity index (χ0v) is 31.2. The van der Waals surface area contributed by atoms with Crippen molar-refractivity contribution in [2.75, 3.05) is 0 Å². The summed E-state index contributed by atoms with van der Waals surface area (Å²) in [6, 6.07) is 64.6. The SMILES string of the molecule is Cc1cc2c3c(cc(C)cc3c1)-c1cc3c(ccc4c3ccc3c(-c5ccccc5)c5c(c(-c6ccccc6)c34)-c3cccc4c3c-5cc3ccccc34)cc1-2. The molecule has 0 heteroatoms. The van der Waals surface area contributed by atoms with Gasteiger partial charge in [-0.2, -0.15) is 0 Å². The van der Waals surface area contributed by atoms with Crippen LogP contribution in [0.2, 0.25) is 0 Å². The van der Waals surface area contributed by atoms with E-state index >= 15 is 0 Å². The molecule has 0 radical (unpaired) electrons. The Kier molecular flexibility index (Phi) is 5.85. The van der Waals surface area contributed by atoms with Gasteiger partial charge >= 0.3 is 0 Å². The molecule has 0 nitrogen and oxygen atoms in total. The van der Waals surface area contributed by atoms with E-state index in [-0.39, 0.29) is 0 Å². The number of hydrogen-bond donors (Lipinski definition) is 0. The van der Waals surface area contributed by atoms with Gasteiger partial charge in [-0.25, -0.2) is 0 Å². The van der Waals surface area contributed by atoms with Gasteiger partial charge in [0.05, 0.1) is 0 Å². The predicted octanol–water partition coefficient (Wildman–Crippen LogP) is 15.9. The first-order valence-corrected chi connectivity index (χ1v) is 19.8. The van der Waals surface area contributed by atoms with Gasteiger partial charge in [0.2, 0.25) is 0 Å². The molecule has 13 rings (SSSR count). The summed E-state index contributed by atoms with van der Waals surface area (Å²) in [5, 5.41) is 15.8. The van der Waals surface area contributed by atoms with Crippen molar-refractivity contribution in [3.05, 3.63) is 181 Å². The van der Waals surface area contributed by atoms with Crippen molar-refractivity contribution in [2.24, 2.45) is 0 Å². The lowest BCUT2D eigenvalue weighted by molar-refractivity contribution is 1.48. The van der Waals surface area contributed by atoms with E-state index in [1.54, 1.807) is 0 Å². The van der Waals surface area contributed by atoms with Crippen LogP contribution >= 0.6 is 0 Å². The van der Waals surface area contributed by atoms with Crippen LogP contribution < -0.4 is 0 Å². The van der Waals surface area contributed by atoms with E-state index in [2.05, 4.69) is 184 Å². The highest BCUT2D eigenvalue weighted by Gasteiger charge is 2.32. The maximum atomic E-state index is 2.50. The lowest BCUT2D eigenvalue weighted by atomic mass is 9.80. The summed E-state index contributed by atoms with van der Waals surface area (Å²) in [6.45, 7) is 4.45. The Morgan fingerprint density at radius 1 is 0.250 bits per heavy atom. The Morgan fingerprint density at radius 3 is 1.59 bits per heavy atom. The number of hydrogen-bond acceptors (Lipinski definition) is 0. The molecule has 0 N–H and O–H groups in total. The van der Waals surface area contributed by atoms with Gasteiger partial charge in [0.1, 0.15) is 0 Å². The minimum absolute atomic E-state index is 1.25. The van der Waals surface area contributed by atoms with E-state index in [1.807, 2.05) is 0 Å². The average molecular weight is 707 g/mol. The van der Waals surface area contributed by atoms with E-state index in [1.165, 1.54) is 143 Å². The minimum atomic E-state index is 1.25. The maximum absolute atomic E-state index is 2.50. The first kappa shape index (κ1) is 30.3. The van der Waals surface area contributed by atoms with Crippen molar-refractivity contribution in [2.45, 2.75) is 13.8 Å². The molecule has 56 heavy (non-hydrogen) atoms. The van der Waals surface area contributed by atoms with Crippen molar-refractivity contribution in [1.29, 1.82) is 0 Å². The van der Waals surface area contributed by atoms with Crippen LogP contribution in [-0.2, 0) is 0 Å². The van der Waals surface area contributed by atoms with Crippen molar-refractivity contribution >= 4 is 64.6 Å². The third-order valence-electron chi connectivity index (χ3n) is 12.9. The van der Waals surface area contributed by atoms with E-state index < -0.39 is 0 Å². The largest absolute Gasteiger partial charge is 0.0622 e. The van der Waals surface area contributed by atoms with Crippen LogP contribution in [0.4, 0.5) is 0 Å². The van der Waals surface area contributed by atoms with Crippen LogP contribution in [0.5, 0.6) is 0 Å². The fourth-order valence-electron chi connectivity index (χ4n) is 10.8. The topological polar surface area (TPSA) is 0 Å². The summed E-state index contributed by atoms with van der Waals surface area (Å²) < 4.78 is 0. The summed E-state index contributed by atoms with van der Waals surface area (Å²) in [5.41, 5.74) is 18.5. The van der Waals surface area contributed by atoms with Crippen molar-refractivity contribution in [3.8, 4) is 66.8 Å². The number of benzene rings is 11. The van der Waals surface area contributed by atoms with Crippen LogP contribution in [0.15, 0.2) is 170 Å². The number of rotatable bonds is 2. The molecule has 0 atom stereocenters. The second-order valence-corrected chi connectivity index (χ2v) is 16.1. The summed E-state index contributed by atoms with van der Waals surface area (Å²) in [6.07, 6.45) is 0. The molecule has 0 spiro atoms. The standard InChI is InChI=1S/C56H34/c1-31-24-37-25-32(2)27-48-46-30-44-36(28-45(46)47(26-31)50(37)48)20-21-41-39(44)22-23-43-51(33-12-5-3-6-13-33)56-49-29-35-16-9-10-17-38(35)40-18-11-19-42(53(40)49)55(56)52(54(41)43)34-14-7-4-8-15-34/h3-30H,1-2H3. The molecule has 0 amide bonds. The molecule has 0 aromatic heterocycles. The van der Waals surface area contributed by atoms with Gasteiger partial charge in [-0.15, -0.1) is 0 Å². The molecule has 0 saturated heterocycles. The smallest absolute Gasteiger partial charge is 0.000719 e. The normalized spacial score (nSPS) is 12.5. The summed E-state index contributed by atoms with van der Waals surface area (Å²) in [5.74, 6) is 0. The molecule has 11 aromatic carbocycles. The molecule has 0 unspecified atom stereocenters. The number of fused-ring (bicyclic) bond motifs is 13. The van der Waals surface area contributed by atoms with Gasteiger partial charge in [-0.1, -0.05) is 152 Å². The summed E-state index contributed by atoms with van der Waals surface area (Å²) in [4.78, 5) is 0. The third kappa shape index (κ3) is 3.88. The third-order valence-corrected chi connectivity index (χ3v) is 12.9. The molecule has 0 bridgehead atoms. The monoisotopic (exact) mass is 706 g/mol. The van der Waals surface area contributed by atoms with E-state index in [0.717, 1.165) is 0 Å². The van der Waals surface area contributed by atoms with E-state index in [0.29, 0.717) is 0 Å². The average Bonchev–Trinajstić information content (AvgIpc) is 3.71. The molecule has 0 heterocycles. The summed E-state index contributed by atoms with van der Waals surface area (Å²) >= 11 is 0. The van der Waals surface area contributed by atoms with E-state index in [4.69, 9.17) is 0 Å². The maximum Gasteiger partial charge on any atom is -0.000719 e. The van der Waals surface area contributed by atoms with Gasteiger partial charge in [0, 0.05) is 0 Å². The van der Waals surface area contributed by atoms with Crippen LogP contribution in [0.3, 0.4) is 0 Å². The Balaban J connectivity index is 1.22. The second-order valence-electron chi connectivity index (χ2n) is 16.1. The van der Waals surface area contributed by atoms with E-state index in [9.17, 15) is 0 Å². The fraction of sp³-hybridized carbons (Fsp3) is 0.0357. The molecule has 0 aliphatic heterocycles. The lowest BCUT2D eigenvalue weighted by Crippen LogP contribution is -1.95. The molecule has 2 aliphatic rings. The van der Waals surface area contributed by atoms with Crippen molar-refractivity contribution in [1.82, 2.24) is 0 Å². The second kappa shape index (κ2) is 10.8. The molecular formula is C56H34. The minimum Gasteiger partial charge on any atom is -0.0622 e. The highest BCUT2D eigenvalue weighted by atomic mass is 14.3. The molecule has 258 valence electrons. The molecule has 2 aliphatic carbocycles. The van der Waals surface area contributed by atoms with Crippen LogP contribution in [0.1, 0.15) is 11.1 Å². The van der Waals surface area contributed by atoms with Gasteiger partial charge < -0.3 is 0 Å². The molecule has 11 aromatic rings. The Labute approximate surface area is 324 Å². The van der Waals surface area contributed by atoms with Gasteiger partial charge in [-0.3, -0.25) is 0 Å². The first-order chi connectivity index (χ1) is 27.6. The van der Waals surface area contributed by atoms with Gasteiger partial charge in [0.15, 0.2) is 0 Å². The van der Waals surface area contributed by atoms with Gasteiger partial charge in [0.25, 0.3) is 0 Å². The Morgan fingerprint density at radius 2 is 0.821 bits per heavy atom. The molecular weight excluding hydrogens is 673 g/mol.